The van der Waals surface area contributed by atoms with Crippen LogP contribution in [0.5, 0.6) is 0 Å². The van der Waals surface area contributed by atoms with Crippen molar-refractivity contribution in [3.05, 3.63) is 44.9 Å². The highest BCUT2D eigenvalue weighted by Crippen LogP contribution is 2.29. The Kier molecular flexibility index (Phi) is 3.09. The summed E-state index contributed by atoms with van der Waals surface area (Å²) in [4.78, 5) is 18.8. The van der Waals surface area contributed by atoms with Gasteiger partial charge in [-0.15, -0.1) is 11.3 Å². The Morgan fingerprint density at radius 1 is 1.43 bits per heavy atom. The fourth-order valence-electron chi connectivity index (χ4n) is 1.94. The lowest BCUT2D eigenvalue weighted by Crippen LogP contribution is -2.27. The van der Waals surface area contributed by atoms with E-state index in [1.807, 2.05) is 19.2 Å². The predicted octanol–water partition coefficient (Wildman–Crippen LogP) is 3.54. The maximum atomic E-state index is 10.8. The molecule has 8 heteroatoms. The van der Waals surface area contributed by atoms with Gasteiger partial charge in [-0.3, -0.25) is 10.1 Å². The van der Waals surface area contributed by atoms with Crippen LogP contribution in [0.1, 0.15) is 18.9 Å². The quantitative estimate of drug-likeness (QED) is 0.585. The molecule has 0 aliphatic rings. The average molecular weight is 304 g/mol. The summed E-state index contributed by atoms with van der Waals surface area (Å²) in [6, 6.07) is 4.64. The Morgan fingerprint density at radius 3 is 2.90 bits per heavy atom. The van der Waals surface area contributed by atoms with Crippen LogP contribution in [0.15, 0.2) is 34.2 Å². The number of nitrogens with zero attached hydrogens (tertiary/aromatic N) is 3. The van der Waals surface area contributed by atoms with Crippen LogP contribution < -0.4 is 5.32 Å². The normalized spacial score (nSPS) is 11.7. The van der Waals surface area contributed by atoms with E-state index in [1.165, 1.54) is 23.5 Å². The number of nitro groups is 1. The third-order valence-corrected chi connectivity index (χ3v) is 4.07. The Bertz CT molecular complexity index is 795. The summed E-state index contributed by atoms with van der Waals surface area (Å²) in [7, 11) is 0. The molecule has 0 aliphatic heterocycles. The summed E-state index contributed by atoms with van der Waals surface area (Å²) < 4.78 is 5.57. The third-order valence-electron chi connectivity index (χ3n) is 2.97. The first-order valence-electron chi connectivity index (χ1n) is 6.19. The fraction of sp³-hybridized carbons (Fsp3) is 0.231. The SMILES string of the molecule is CC(C)(Nc1nc2cc([N+](=O)[O-])ccc2o1)c1nccs1. The zero-order chi connectivity index (χ0) is 15.0. The summed E-state index contributed by atoms with van der Waals surface area (Å²) in [6.07, 6.45) is 1.73. The number of rotatable bonds is 4. The molecule has 0 bridgehead atoms. The van der Waals surface area contributed by atoms with Crippen molar-refractivity contribution in [2.24, 2.45) is 0 Å². The number of thiazole rings is 1. The van der Waals surface area contributed by atoms with Gasteiger partial charge in [0.2, 0.25) is 0 Å². The largest absolute Gasteiger partial charge is 0.424 e. The van der Waals surface area contributed by atoms with Crippen molar-refractivity contribution < 1.29 is 9.34 Å². The molecule has 2 aromatic heterocycles. The van der Waals surface area contributed by atoms with E-state index in [4.69, 9.17) is 4.42 Å². The van der Waals surface area contributed by atoms with Crippen molar-refractivity contribution in [2.45, 2.75) is 19.4 Å². The molecule has 21 heavy (non-hydrogen) atoms. The minimum Gasteiger partial charge on any atom is -0.424 e. The van der Waals surface area contributed by atoms with Gasteiger partial charge in [-0.05, 0) is 19.9 Å². The summed E-state index contributed by atoms with van der Waals surface area (Å²) in [5.41, 5.74) is 0.488. The molecule has 0 spiro atoms. The summed E-state index contributed by atoms with van der Waals surface area (Å²) in [6.45, 7) is 3.92. The lowest BCUT2D eigenvalue weighted by atomic mass is 10.1. The Labute approximate surface area is 123 Å². The van der Waals surface area contributed by atoms with E-state index in [0.717, 1.165) is 5.01 Å². The lowest BCUT2D eigenvalue weighted by Gasteiger charge is -2.22. The van der Waals surface area contributed by atoms with Gasteiger partial charge in [-0.25, -0.2) is 4.98 Å². The zero-order valence-corrected chi connectivity index (χ0v) is 12.2. The monoisotopic (exact) mass is 304 g/mol. The Balaban J connectivity index is 1.93. The van der Waals surface area contributed by atoms with Crippen LogP contribution in [0.4, 0.5) is 11.7 Å². The van der Waals surface area contributed by atoms with E-state index >= 15 is 0 Å². The topological polar surface area (TPSA) is 94.1 Å². The van der Waals surface area contributed by atoms with Crippen molar-refractivity contribution >= 4 is 34.1 Å². The van der Waals surface area contributed by atoms with Crippen LogP contribution in [0, 0.1) is 10.1 Å². The highest BCUT2D eigenvalue weighted by molar-refractivity contribution is 7.09. The number of anilines is 1. The van der Waals surface area contributed by atoms with E-state index in [1.54, 1.807) is 12.3 Å². The van der Waals surface area contributed by atoms with Gasteiger partial charge in [0.15, 0.2) is 5.58 Å². The molecule has 0 amide bonds. The standard InChI is InChI=1S/C13H12N4O3S/c1-13(2,11-14-5-6-21-11)16-12-15-9-7-8(17(18)19)3-4-10(9)20-12/h3-7H,1-2H3,(H,15,16). The minimum absolute atomic E-state index is 0.0125. The van der Waals surface area contributed by atoms with Crippen molar-refractivity contribution in [3.8, 4) is 0 Å². The van der Waals surface area contributed by atoms with Gasteiger partial charge < -0.3 is 9.73 Å². The molecular formula is C13H12N4O3S. The van der Waals surface area contributed by atoms with Gasteiger partial charge in [0, 0.05) is 23.7 Å². The summed E-state index contributed by atoms with van der Waals surface area (Å²) >= 11 is 1.53. The highest BCUT2D eigenvalue weighted by Gasteiger charge is 2.25. The second-order valence-electron chi connectivity index (χ2n) is 5.02. The van der Waals surface area contributed by atoms with Gasteiger partial charge in [0.25, 0.3) is 11.7 Å². The highest BCUT2D eigenvalue weighted by atomic mass is 32.1. The number of non-ortho nitro benzene ring substituents is 1. The number of nitrogens with one attached hydrogen (secondary N) is 1. The molecule has 3 rings (SSSR count). The second-order valence-corrected chi connectivity index (χ2v) is 5.91. The number of fused-ring (bicyclic) bond motifs is 1. The fourth-order valence-corrected chi connectivity index (χ4v) is 2.65. The molecule has 0 saturated carbocycles. The molecule has 3 aromatic rings. The third kappa shape index (κ3) is 2.57. The van der Waals surface area contributed by atoms with Gasteiger partial charge in [-0.1, -0.05) is 0 Å². The van der Waals surface area contributed by atoms with Crippen molar-refractivity contribution in [1.29, 1.82) is 0 Å². The average Bonchev–Trinajstić information content (AvgIpc) is 3.06. The first-order chi connectivity index (χ1) is 9.95. The van der Waals surface area contributed by atoms with E-state index in [2.05, 4.69) is 15.3 Å². The maximum absolute atomic E-state index is 10.8. The van der Waals surface area contributed by atoms with Gasteiger partial charge in [0.05, 0.1) is 10.5 Å². The summed E-state index contributed by atoms with van der Waals surface area (Å²) in [5.74, 6) is 0. The molecule has 0 fully saturated rings. The van der Waals surface area contributed by atoms with Crippen molar-refractivity contribution in [3.63, 3.8) is 0 Å². The number of nitro benzene ring substituents is 1. The molecule has 108 valence electrons. The Morgan fingerprint density at radius 2 is 2.24 bits per heavy atom. The molecule has 1 aromatic carbocycles. The lowest BCUT2D eigenvalue weighted by molar-refractivity contribution is -0.384. The molecule has 0 aliphatic carbocycles. The number of benzene rings is 1. The van der Waals surface area contributed by atoms with Crippen LogP contribution >= 0.6 is 11.3 Å². The molecule has 0 saturated heterocycles. The number of oxazole rings is 1. The molecular weight excluding hydrogens is 292 g/mol. The van der Waals surface area contributed by atoms with Crippen LogP contribution in [-0.2, 0) is 5.54 Å². The van der Waals surface area contributed by atoms with Gasteiger partial charge in [-0.2, -0.15) is 4.98 Å². The van der Waals surface area contributed by atoms with Crippen LogP contribution in [0.2, 0.25) is 0 Å². The van der Waals surface area contributed by atoms with Crippen molar-refractivity contribution in [1.82, 2.24) is 9.97 Å². The van der Waals surface area contributed by atoms with E-state index in [0.29, 0.717) is 17.1 Å². The predicted molar refractivity (Wildman–Crippen MR) is 79.4 cm³/mol. The smallest absolute Gasteiger partial charge is 0.296 e. The van der Waals surface area contributed by atoms with E-state index < -0.39 is 10.5 Å². The molecule has 0 atom stereocenters. The molecule has 1 N–H and O–H groups in total. The molecule has 0 unspecified atom stereocenters. The molecule has 7 nitrogen and oxygen atoms in total. The number of aromatic nitrogens is 2. The summed E-state index contributed by atoms with van der Waals surface area (Å²) in [5, 5.41) is 16.7. The zero-order valence-electron chi connectivity index (χ0n) is 11.4. The van der Waals surface area contributed by atoms with E-state index in [-0.39, 0.29) is 5.69 Å². The van der Waals surface area contributed by atoms with Gasteiger partial charge >= 0.3 is 0 Å². The van der Waals surface area contributed by atoms with E-state index in [9.17, 15) is 10.1 Å². The number of hydrogen-bond acceptors (Lipinski definition) is 7. The maximum Gasteiger partial charge on any atom is 0.296 e. The Hall–Kier alpha value is -2.48. The first kappa shape index (κ1) is 13.5. The van der Waals surface area contributed by atoms with Crippen LogP contribution in [0.3, 0.4) is 0 Å². The van der Waals surface area contributed by atoms with Gasteiger partial charge in [0.1, 0.15) is 10.5 Å². The first-order valence-corrected chi connectivity index (χ1v) is 7.07. The van der Waals surface area contributed by atoms with Crippen LogP contribution in [0.25, 0.3) is 11.1 Å². The molecule has 2 heterocycles. The van der Waals surface area contributed by atoms with Crippen LogP contribution in [-0.4, -0.2) is 14.9 Å². The second kappa shape index (κ2) is 4.81. The van der Waals surface area contributed by atoms with Crippen molar-refractivity contribution in [2.75, 3.05) is 5.32 Å². The molecule has 0 radical (unpaired) electrons. The number of hydrogen-bond donors (Lipinski definition) is 1. The minimum atomic E-state index is -0.458.